The summed E-state index contributed by atoms with van der Waals surface area (Å²) >= 11 is 0. The van der Waals surface area contributed by atoms with E-state index in [-0.39, 0.29) is 12.3 Å². The van der Waals surface area contributed by atoms with E-state index in [1.54, 1.807) is 13.0 Å². The molecule has 0 aliphatic rings. The molecule has 0 rings (SSSR count). The van der Waals surface area contributed by atoms with Crippen LogP contribution in [0.4, 0.5) is 0 Å². The summed E-state index contributed by atoms with van der Waals surface area (Å²) < 4.78 is 0. The first-order valence-electron chi connectivity index (χ1n) is 3.71. The Labute approximate surface area is 67.9 Å². The first-order valence-corrected chi connectivity index (χ1v) is 3.71. The number of allylic oxidation sites excluding steroid dienone is 1. The molecule has 2 heteroatoms. The molecule has 0 fully saturated rings. The van der Waals surface area contributed by atoms with Crippen LogP contribution in [-0.2, 0) is 0 Å². The smallest absolute Gasteiger partial charge is 0.168 e. The summed E-state index contributed by atoms with van der Waals surface area (Å²) in [5.41, 5.74) is 0. The second-order valence-corrected chi connectivity index (χ2v) is 2.80. The molecule has 0 bridgehead atoms. The maximum absolute atomic E-state index is 9.35. The van der Waals surface area contributed by atoms with Crippen LogP contribution >= 0.6 is 0 Å². The molecule has 1 unspecified atom stereocenters. The van der Waals surface area contributed by atoms with Gasteiger partial charge in [0.25, 0.3) is 0 Å². The summed E-state index contributed by atoms with van der Waals surface area (Å²) in [6, 6.07) is 0. The van der Waals surface area contributed by atoms with Crippen molar-refractivity contribution >= 4 is 0 Å². The van der Waals surface area contributed by atoms with Crippen LogP contribution in [0.25, 0.3) is 0 Å². The second kappa shape index (κ2) is 4.31. The third-order valence-electron chi connectivity index (χ3n) is 1.75. The molecule has 0 amide bonds. The Hall–Kier alpha value is -0.600. The summed E-state index contributed by atoms with van der Waals surface area (Å²) in [6.45, 7) is 8.74. The Balaban J connectivity index is 4.03. The lowest BCUT2D eigenvalue weighted by Crippen LogP contribution is -2.35. The van der Waals surface area contributed by atoms with E-state index < -0.39 is 5.79 Å². The molecule has 0 aromatic rings. The maximum Gasteiger partial charge on any atom is 0.168 e. The Kier molecular flexibility index (Phi) is 4.08. The molecule has 0 saturated heterocycles. The summed E-state index contributed by atoms with van der Waals surface area (Å²) in [6.07, 6.45) is 3.97. The van der Waals surface area contributed by atoms with Crippen LogP contribution in [0.1, 0.15) is 19.8 Å². The van der Waals surface area contributed by atoms with Crippen molar-refractivity contribution in [2.75, 3.05) is 0 Å². The molecule has 0 aromatic carbocycles. The van der Waals surface area contributed by atoms with Crippen molar-refractivity contribution in [3.05, 3.63) is 25.3 Å². The average Bonchev–Trinajstić information content (AvgIpc) is 1.88. The van der Waals surface area contributed by atoms with Crippen LogP contribution in [0.2, 0.25) is 0 Å². The molecule has 0 aliphatic carbocycles. The first-order chi connectivity index (χ1) is 5.04. The van der Waals surface area contributed by atoms with Crippen molar-refractivity contribution in [2.45, 2.75) is 25.6 Å². The highest BCUT2D eigenvalue weighted by Gasteiger charge is 2.27. The highest BCUT2D eigenvalue weighted by molar-refractivity contribution is 4.85. The SMILES string of the molecule is C=CCC(C)C(O)(O)CC=C. The Morgan fingerprint density at radius 3 is 2.27 bits per heavy atom. The average molecular weight is 156 g/mol. The van der Waals surface area contributed by atoms with E-state index in [1.807, 2.05) is 0 Å². The van der Waals surface area contributed by atoms with Crippen LogP contribution in [0.3, 0.4) is 0 Å². The lowest BCUT2D eigenvalue weighted by Gasteiger charge is -2.26. The summed E-state index contributed by atoms with van der Waals surface area (Å²) in [5.74, 6) is -1.83. The van der Waals surface area contributed by atoms with E-state index in [9.17, 15) is 10.2 Å². The van der Waals surface area contributed by atoms with Crippen LogP contribution in [0.5, 0.6) is 0 Å². The topological polar surface area (TPSA) is 40.5 Å². The quantitative estimate of drug-likeness (QED) is 0.467. The lowest BCUT2D eigenvalue weighted by molar-refractivity contribution is -0.192. The second-order valence-electron chi connectivity index (χ2n) is 2.80. The fraction of sp³-hybridized carbons (Fsp3) is 0.556. The third kappa shape index (κ3) is 3.35. The van der Waals surface area contributed by atoms with Crippen molar-refractivity contribution in [2.24, 2.45) is 5.92 Å². The molecular formula is C9H16O2. The van der Waals surface area contributed by atoms with Crippen molar-refractivity contribution in [1.82, 2.24) is 0 Å². The van der Waals surface area contributed by atoms with Crippen molar-refractivity contribution < 1.29 is 10.2 Å². The molecule has 1 atom stereocenters. The molecule has 11 heavy (non-hydrogen) atoms. The Bertz CT molecular complexity index is 138. The van der Waals surface area contributed by atoms with Gasteiger partial charge in [-0.3, -0.25) is 0 Å². The van der Waals surface area contributed by atoms with Gasteiger partial charge in [-0.25, -0.2) is 0 Å². The molecular weight excluding hydrogens is 140 g/mol. The summed E-state index contributed by atoms with van der Waals surface area (Å²) in [5, 5.41) is 18.7. The molecule has 64 valence electrons. The normalized spacial score (nSPS) is 14.1. The van der Waals surface area contributed by atoms with Gasteiger partial charge in [0, 0.05) is 12.3 Å². The molecule has 0 aliphatic heterocycles. The lowest BCUT2D eigenvalue weighted by atomic mass is 9.94. The van der Waals surface area contributed by atoms with Gasteiger partial charge in [0.15, 0.2) is 5.79 Å². The van der Waals surface area contributed by atoms with Crippen molar-refractivity contribution in [3.8, 4) is 0 Å². The van der Waals surface area contributed by atoms with Crippen molar-refractivity contribution in [3.63, 3.8) is 0 Å². The summed E-state index contributed by atoms with van der Waals surface area (Å²) in [4.78, 5) is 0. The first kappa shape index (κ1) is 10.4. The largest absolute Gasteiger partial charge is 0.365 e. The van der Waals surface area contributed by atoms with E-state index >= 15 is 0 Å². The molecule has 0 heterocycles. The Morgan fingerprint density at radius 2 is 1.91 bits per heavy atom. The zero-order valence-corrected chi connectivity index (χ0v) is 6.95. The predicted molar refractivity (Wildman–Crippen MR) is 46.0 cm³/mol. The Morgan fingerprint density at radius 1 is 1.36 bits per heavy atom. The molecule has 0 spiro atoms. The van der Waals surface area contributed by atoms with Gasteiger partial charge in [0.2, 0.25) is 0 Å². The number of aliphatic hydroxyl groups is 2. The van der Waals surface area contributed by atoms with E-state index in [0.29, 0.717) is 6.42 Å². The minimum absolute atomic E-state index is 0.196. The van der Waals surface area contributed by atoms with Crippen LogP contribution in [-0.4, -0.2) is 16.0 Å². The number of rotatable bonds is 5. The third-order valence-corrected chi connectivity index (χ3v) is 1.75. The van der Waals surface area contributed by atoms with Gasteiger partial charge >= 0.3 is 0 Å². The fourth-order valence-corrected chi connectivity index (χ4v) is 0.852. The van der Waals surface area contributed by atoms with Gasteiger partial charge in [-0.05, 0) is 6.42 Å². The molecule has 0 saturated carbocycles. The fourth-order valence-electron chi connectivity index (χ4n) is 0.852. The standard InChI is InChI=1S/C9H16O2/c1-4-6-8(3)9(10,11)7-5-2/h4-5,8,10-11H,1-2,6-7H2,3H3. The van der Waals surface area contributed by atoms with Crippen LogP contribution in [0.15, 0.2) is 25.3 Å². The number of hydrogen-bond donors (Lipinski definition) is 2. The van der Waals surface area contributed by atoms with Crippen molar-refractivity contribution in [1.29, 1.82) is 0 Å². The number of hydrogen-bond acceptors (Lipinski definition) is 2. The van der Waals surface area contributed by atoms with Gasteiger partial charge in [-0.15, -0.1) is 13.2 Å². The van der Waals surface area contributed by atoms with Crippen LogP contribution < -0.4 is 0 Å². The van der Waals surface area contributed by atoms with E-state index in [4.69, 9.17) is 0 Å². The highest BCUT2D eigenvalue weighted by Crippen LogP contribution is 2.21. The van der Waals surface area contributed by atoms with Gasteiger partial charge in [-0.1, -0.05) is 19.1 Å². The van der Waals surface area contributed by atoms with E-state index in [0.717, 1.165) is 0 Å². The highest BCUT2D eigenvalue weighted by atomic mass is 16.5. The molecule has 0 aromatic heterocycles. The molecule has 0 radical (unpaired) electrons. The summed E-state index contributed by atoms with van der Waals surface area (Å²) in [7, 11) is 0. The predicted octanol–water partition coefficient (Wildman–Crippen LogP) is 1.46. The molecule has 2 N–H and O–H groups in total. The van der Waals surface area contributed by atoms with Gasteiger partial charge in [-0.2, -0.15) is 0 Å². The molecule has 2 nitrogen and oxygen atoms in total. The van der Waals surface area contributed by atoms with Crippen LogP contribution in [0, 0.1) is 5.92 Å². The van der Waals surface area contributed by atoms with E-state index in [2.05, 4.69) is 13.2 Å². The zero-order valence-electron chi connectivity index (χ0n) is 6.95. The van der Waals surface area contributed by atoms with Gasteiger partial charge in [0.05, 0.1) is 0 Å². The monoisotopic (exact) mass is 156 g/mol. The van der Waals surface area contributed by atoms with Gasteiger partial charge < -0.3 is 10.2 Å². The van der Waals surface area contributed by atoms with Gasteiger partial charge in [0.1, 0.15) is 0 Å². The van der Waals surface area contributed by atoms with E-state index in [1.165, 1.54) is 6.08 Å². The minimum atomic E-state index is -1.63. The maximum atomic E-state index is 9.35. The zero-order chi connectivity index (χ0) is 8.91. The minimum Gasteiger partial charge on any atom is -0.365 e.